The zero-order chi connectivity index (χ0) is 15.9. The van der Waals surface area contributed by atoms with Crippen molar-refractivity contribution in [2.75, 3.05) is 0 Å². The Labute approximate surface area is 136 Å². The SMILES string of the molecule is CCCCC[C@H]1CC[C@H](C(=O)Oc2ccc(Cl)nc2F)CC1. The maximum Gasteiger partial charge on any atom is 0.314 e. The van der Waals surface area contributed by atoms with Crippen molar-refractivity contribution in [3.8, 4) is 5.75 Å². The van der Waals surface area contributed by atoms with Crippen molar-refractivity contribution in [1.29, 1.82) is 0 Å². The first-order chi connectivity index (χ1) is 10.6. The molecule has 1 fully saturated rings. The highest BCUT2D eigenvalue weighted by atomic mass is 35.5. The lowest BCUT2D eigenvalue weighted by Crippen LogP contribution is -2.26. The molecule has 0 saturated heterocycles. The minimum atomic E-state index is -0.839. The fourth-order valence-electron chi connectivity index (χ4n) is 3.04. The Kier molecular flexibility index (Phi) is 6.62. The molecule has 1 aliphatic rings. The third-order valence-corrected chi connectivity index (χ3v) is 4.60. The second kappa shape index (κ2) is 8.47. The van der Waals surface area contributed by atoms with E-state index in [2.05, 4.69) is 11.9 Å². The van der Waals surface area contributed by atoms with Crippen LogP contribution in [0.1, 0.15) is 58.3 Å². The topological polar surface area (TPSA) is 39.2 Å². The standard InChI is InChI=1S/C17H23ClFNO2/c1-2-3-4-5-12-6-8-13(9-7-12)17(21)22-14-10-11-15(18)20-16(14)19/h10-13H,2-9H2,1H3/t12-,13-. The maximum absolute atomic E-state index is 13.5. The molecule has 0 bridgehead atoms. The third-order valence-electron chi connectivity index (χ3n) is 4.39. The molecule has 122 valence electrons. The molecule has 1 saturated carbocycles. The summed E-state index contributed by atoms with van der Waals surface area (Å²) in [6.07, 6.45) is 8.84. The van der Waals surface area contributed by atoms with Gasteiger partial charge in [-0.3, -0.25) is 4.79 Å². The van der Waals surface area contributed by atoms with Gasteiger partial charge in [0.15, 0.2) is 5.75 Å². The van der Waals surface area contributed by atoms with Crippen molar-refractivity contribution in [2.45, 2.75) is 58.3 Å². The lowest BCUT2D eigenvalue weighted by Gasteiger charge is -2.27. The number of nitrogens with zero attached hydrogens (tertiary/aromatic N) is 1. The second-order valence-electron chi connectivity index (χ2n) is 6.06. The molecule has 2 rings (SSSR count). The number of unbranched alkanes of at least 4 members (excludes halogenated alkanes) is 2. The molecule has 1 aliphatic carbocycles. The van der Waals surface area contributed by atoms with E-state index in [1.54, 1.807) is 0 Å². The van der Waals surface area contributed by atoms with Gasteiger partial charge >= 0.3 is 5.97 Å². The summed E-state index contributed by atoms with van der Waals surface area (Å²) in [7, 11) is 0. The second-order valence-corrected chi connectivity index (χ2v) is 6.44. The summed E-state index contributed by atoms with van der Waals surface area (Å²) in [5, 5.41) is 0.0462. The largest absolute Gasteiger partial charge is 0.421 e. The van der Waals surface area contributed by atoms with Crippen LogP contribution in [0, 0.1) is 17.8 Å². The molecule has 1 aromatic rings. The zero-order valence-electron chi connectivity index (χ0n) is 13.0. The van der Waals surface area contributed by atoms with Gasteiger partial charge in [-0.2, -0.15) is 4.39 Å². The normalized spacial score (nSPS) is 21.6. The fourth-order valence-corrected chi connectivity index (χ4v) is 3.17. The maximum atomic E-state index is 13.5. The predicted octanol–water partition coefficient (Wildman–Crippen LogP) is 5.17. The molecule has 0 atom stereocenters. The van der Waals surface area contributed by atoms with E-state index in [0.29, 0.717) is 0 Å². The predicted molar refractivity (Wildman–Crippen MR) is 84.4 cm³/mol. The molecule has 0 unspecified atom stereocenters. The van der Waals surface area contributed by atoms with Crippen LogP contribution in [-0.2, 0) is 4.79 Å². The number of esters is 1. The van der Waals surface area contributed by atoms with Crippen LogP contribution in [0.25, 0.3) is 0 Å². The highest BCUT2D eigenvalue weighted by molar-refractivity contribution is 6.29. The van der Waals surface area contributed by atoms with E-state index in [4.69, 9.17) is 16.3 Å². The quantitative estimate of drug-likeness (QED) is 0.411. The Morgan fingerprint density at radius 2 is 2.05 bits per heavy atom. The summed E-state index contributed by atoms with van der Waals surface area (Å²) in [5.74, 6) is -0.731. The molecular weight excluding hydrogens is 305 g/mol. The lowest BCUT2D eigenvalue weighted by molar-refractivity contribution is -0.140. The molecular formula is C17H23ClFNO2. The Bertz CT molecular complexity index is 501. The van der Waals surface area contributed by atoms with E-state index < -0.39 is 5.95 Å². The number of halogens is 2. The Balaban J connectivity index is 1.80. The smallest absolute Gasteiger partial charge is 0.314 e. The monoisotopic (exact) mass is 327 g/mol. The number of carbonyl (C=O) groups is 1. The van der Waals surface area contributed by atoms with Crippen LogP contribution in [-0.4, -0.2) is 11.0 Å². The van der Waals surface area contributed by atoms with Crippen molar-refractivity contribution in [2.24, 2.45) is 11.8 Å². The van der Waals surface area contributed by atoms with E-state index >= 15 is 0 Å². The first kappa shape index (κ1) is 17.2. The van der Waals surface area contributed by atoms with Crippen molar-refractivity contribution < 1.29 is 13.9 Å². The fraction of sp³-hybridized carbons (Fsp3) is 0.647. The van der Waals surface area contributed by atoms with Crippen LogP contribution in [0.5, 0.6) is 5.75 Å². The van der Waals surface area contributed by atoms with Gasteiger partial charge in [-0.05, 0) is 43.7 Å². The number of ether oxygens (including phenoxy) is 1. The first-order valence-corrected chi connectivity index (χ1v) is 8.51. The van der Waals surface area contributed by atoms with E-state index in [9.17, 15) is 9.18 Å². The molecule has 3 nitrogen and oxygen atoms in total. The average molecular weight is 328 g/mol. The Morgan fingerprint density at radius 1 is 1.32 bits per heavy atom. The van der Waals surface area contributed by atoms with Crippen LogP contribution in [0.3, 0.4) is 0 Å². The first-order valence-electron chi connectivity index (χ1n) is 8.14. The third kappa shape index (κ3) is 4.94. The molecule has 0 amide bonds. The Hall–Kier alpha value is -1.16. The van der Waals surface area contributed by atoms with Crippen molar-refractivity contribution in [3.63, 3.8) is 0 Å². The van der Waals surface area contributed by atoms with Gasteiger partial charge in [-0.1, -0.05) is 44.2 Å². The highest BCUT2D eigenvalue weighted by Gasteiger charge is 2.28. The summed E-state index contributed by atoms with van der Waals surface area (Å²) < 4.78 is 18.7. The molecule has 5 heteroatoms. The summed E-state index contributed by atoms with van der Waals surface area (Å²) in [4.78, 5) is 15.6. The number of pyridine rings is 1. The summed E-state index contributed by atoms with van der Waals surface area (Å²) in [6, 6.07) is 2.76. The van der Waals surface area contributed by atoms with Gasteiger partial charge < -0.3 is 4.74 Å². The van der Waals surface area contributed by atoms with Gasteiger partial charge in [-0.25, -0.2) is 4.98 Å². The molecule has 0 N–H and O–H groups in total. The summed E-state index contributed by atoms with van der Waals surface area (Å²) in [5.41, 5.74) is 0. The number of hydrogen-bond donors (Lipinski definition) is 0. The summed E-state index contributed by atoms with van der Waals surface area (Å²) in [6.45, 7) is 2.21. The molecule has 0 radical (unpaired) electrons. The number of rotatable bonds is 6. The lowest BCUT2D eigenvalue weighted by atomic mass is 9.80. The van der Waals surface area contributed by atoms with E-state index in [-0.39, 0.29) is 22.8 Å². The highest BCUT2D eigenvalue weighted by Crippen LogP contribution is 2.33. The zero-order valence-corrected chi connectivity index (χ0v) is 13.7. The van der Waals surface area contributed by atoms with Gasteiger partial charge in [0, 0.05) is 0 Å². The molecule has 0 aromatic carbocycles. The minimum Gasteiger partial charge on any atom is -0.421 e. The van der Waals surface area contributed by atoms with Crippen LogP contribution < -0.4 is 4.74 Å². The van der Waals surface area contributed by atoms with Gasteiger partial charge in [0.25, 0.3) is 5.95 Å². The number of aromatic nitrogens is 1. The van der Waals surface area contributed by atoms with E-state index in [0.717, 1.165) is 31.6 Å². The van der Waals surface area contributed by atoms with E-state index in [1.165, 1.54) is 37.8 Å². The van der Waals surface area contributed by atoms with Crippen molar-refractivity contribution in [3.05, 3.63) is 23.2 Å². The molecule has 0 spiro atoms. The molecule has 22 heavy (non-hydrogen) atoms. The van der Waals surface area contributed by atoms with E-state index in [1.807, 2.05) is 0 Å². The van der Waals surface area contributed by atoms with Gasteiger partial charge in [0.1, 0.15) is 5.15 Å². The van der Waals surface area contributed by atoms with Crippen LogP contribution >= 0.6 is 11.6 Å². The van der Waals surface area contributed by atoms with Crippen LogP contribution in [0.15, 0.2) is 12.1 Å². The average Bonchev–Trinajstić information content (AvgIpc) is 2.51. The number of carbonyl (C=O) groups excluding carboxylic acids is 1. The van der Waals surface area contributed by atoms with Crippen molar-refractivity contribution in [1.82, 2.24) is 4.98 Å². The van der Waals surface area contributed by atoms with Gasteiger partial charge in [0.05, 0.1) is 5.92 Å². The van der Waals surface area contributed by atoms with Gasteiger partial charge in [0.2, 0.25) is 0 Å². The molecule has 0 aliphatic heterocycles. The minimum absolute atomic E-state index is 0.0462. The van der Waals surface area contributed by atoms with Crippen LogP contribution in [0.2, 0.25) is 5.15 Å². The molecule has 1 heterocycles. The Morgan fingerprint density at radius 3 is 2.68 bits per heavy atom. The van der Waals surface area contributed by atoms with Gasteiger partial charge in [-0.15, -0.1) is 0 Å². The van der Waals surface area contributed by atoms with Crippen molar-refractivity contribution >= 4 is 17.6 Å². The van der Waals surface area contributed by atoms with Crippen LogP contribution in [0.4, 0.5) is 4.39 Å². The number of hydrogen-bond acceptors (Lipinski definition) is 3. The summed E-state index contributed by atoms with van der Waals surface area (Å²) >= 11 is 5.58. The molecule has 1 aromatic heterocycles.